The van der Waals surface area contributed by atoms with Crippen molar-refractivity contribution in [1.82, 2.24) is 0 Å². The predicted octanol–water partition coefficient (Wildman–Crippen LogP) is 3.85. The van der Waals surface area contributed by atoms with E-state index in [2.05, 4.69) is 175 Å². The summed E-state index contributed by atoms with van der Waals surface area (Å²) in [5, 5.41) is 3.03. The zero-order chi connectivity index (χ0) is 31.5. The molecule has 6 aromatic carbocycles. The Morgan fingerprint density at radius 1 is 0.457 bits per heavy atom. The van der Waals surface area contributed by atoms with Crippen LogP contribution in [0.1, 0.15) is 47.2 Å². The molecule has 6 aromatic rings. The summed E-state index contributed by atoms with van der Waals surface area (Å²) in [6.07, 6.45) is 2.21. The first-order valence-electron chi connectivity index (χ1n) is 15.7. The standard InChI is InChI=1S/2C15H17.C12H10Si.2ClH.Zr/c2*1-4-13-6-5-7-14(10-13)15-11(2)8-9-12(15)3;1-3-7-11(8-4-1)13-12-9-5-2-6-10-12;;;/h2*5-10H,4H2,1-3H3;1-10H;2*1H;/q2*-1;;;;+2/p-2. The summed E-state index contributed by atoms with van der Waals surface area (Å²) in [6.45, 7) is 13.1. The van der Waals surface area contributed by atoms with E-state index in [1.807, 2.05) is 0 Å². The van der Waals surface area contributed by atoms with Crippen LogP contribution in [0.4, 0.5) is 0 Å². The first-order chi connectivity index (χ1) is 21.3. The monoisotopic (exact) mass is 736 g/mol. The van der Waals surface area contributed by atoms with Crippen molar-refractivity contribution in [2.75, 3.05) is 0 Å². The van der Waals surface area contributed by atoms with Crippen molar-refractivity contribution in [1.29, 1.82) is 0 Å². The van der Waals surface area contributed by atoms with Crippen LogP contribution >= 0.6 is 0 Å². The second kappa shape index (κ2) is 19.8. The van der Waals surface area contributed by atoms with E-state index in [1.54, 1.807) is 23.3 Å². The minimum atomic E-state index is -0.455. The van der Waals surface area contributed by atoms with Crippen molar-refractivity contribution >= 4 is 15.8 Å². The average molecular weight is 739 g/mol. The van der Waals surface area contributed by atoms with Gasteiger partial charge in [-0.15, -0.1) is 81.9 Å². The molecule has 6 rings (SSSR count). The van der Waals surface area contributed by atoms with E-state index in [0.717, 1.165) is 12.8 Å². The molecule has 0 aromatic heterocycles. The molecule has 0 saturated carbocycles. The Kier molecular flexibility index (Phi) is 17.0. The molecule has 0 aliphatic rings. The average Bonchev–Trinajstić information content (AvgIpc) is 3.60. The summed E-state index contributed by atoms with van der Waals surface area (Å²) in [5.74, 6) is 0. The van der Waals surface area contributed by atoms with Gasteiger partial charge in [0, 0.05) is 0 Å². The first-order valence-corrected chi connectivity index (χ1v) is 20.8. The molecule has 0 aliphatic heterocycles. The van der Waals surface area contributed by atoms with E-state index in [0.29, 0.717) is 0 Å². The zero-order valence-corrected chi connectivity index (χ0v) is 32.8. The number of hydrogen-bond acceptors (Lipinski definition) is 0. The topological polar surface area (TPSA) is 0 Å². The normalized spacial score (nSPS) is 9.91. The van der Waals surface area contributed by atoms with Gasteiger partial charge < -0.3 is 24.8 Å². The fraction of sp³-hybridized carbons (Fsp3) is 0.190. The Labute approximate surface area is 305 Å². The second-order valence-corrected chi connectivity index (χ2v) is 17.0. The summed E-state index contributed by atoms with van der Waals surface area (Å²) in [7, 11) is 0. The van der Waals surface area contributed by atoms with E-state index in [4.69, 9.17) is 0 Å². The number of aryl methyl sites for hydroxylation is 6. The number of halogens is 2. The van der Waals surface area contributed by atoms with E-state index < -0.39 is 5.43 Å². The Morgan fingerprint density at radius 2 is 0.783 bits per heavy atom. The van der Waals surface area contributed by atoms with Gasteiger partial charge in [-0.2, -0.15) is 0 Å². The van der Waals surface area contributed by atoms with Crippen molar-refractivity contribution in [2.45, 2.75) is 54.4 Å². The van der Waals surface area contributed by atoms with Crippen molar-refractivity contribution in [3.05, 3.63) is 167 Å². The molecule has 0 N–H and O–H groups in total. The predicted molar refractivity (Wildman–Crippen MR) is 191 cm³/mol. The van der Waals surface area contributed by atoms with Gasteiger partial charge in [0.15, 0.2) is 0 Å². The molecule has 0 spiro atoms. The summed E-state index contributed by atoms with van der Waals surface area (Å²) < 4.78 is 0. The number of benzene rings is 4. The van der Waals surface area contributed by atoms with Crippen molar-refractivity contribution in [3.8, 4) is 22.3 Å². The van der Waals surface area contributed by atoms with Gasteiger partial charge in [-0.05, 0) is 12.8 Å². The molecular formula is C42H44Cl2SiZr-2. The van der Waals surface area contributed by atoms with E-state index in [9.17, 15) is 0 Å². The third-order valence-electron chi connectivity index (χ3n) is 8.12. The summed E-state index contributed by atoms with van der Waals surface area (Å²) in [5.41, 5.74) is 13.4. The van der Waals surface area contributed by atoms with E-state index in [-0.39, 0.29) is 24.8 Å². The Bertz CT molecular complexity index is 1610. The Balaban J connectivity index is 0.000000235. The molecule has 46 heavy (non-hydrogen) atoms. The molecule has 0 fully saturated rings. The molecule has 0 aliphatic carbocycles. The third-order valence-corrected chi connectivity index (χ3v) is 14.2. The van der Waals surface area contributed by atoms with Gasteiger partial charge in [-0.3, -0.25) is 0 Å². The van der Waals surface area contributed by atoms with Gasteiger partial charge in [0.25, 0.3) is 0 Å². The van der Waals surface area contributed by atoms with Crippen LogP contribution in [0.25, 0.3) is 22.3 Å². The number of hydrogen-bond donors (Lipinski definition) is 0. The summed E-state index contributed by atoms with van der Waals surface area (Å²) in [6, 6.07) is 48.2. The number of rotatable bonds is 6. The molecule has 0 amide bonds. The van der Waals surface area contributed by atoms with Gasteiger partial charge in [0.1, 0.15) is 0 Å². The minimum absolute atomic E-state index is 0. The summed E-state index contributed by atoms with van der Waals surface area (Å²) in [4.78, 5) is 0. The second-order valence-electron chi connectivity index (χ2n) is 11.4. The molecule has 0 bridgehead atoms. The first kappa shape index (κ1) is 39.4. The van der Waals surface area contributed by atoms with E-state index >= 15 is 0 Å². The van der Waals surface area contributed by atoms with E-state index in [1.165, 1.54) is 66.0 Å². The van der Waals surface area contributed by atoms with Crippen molar-refractivity contribution < 1.29 is 48.1 Å². The van der Waals surface area contributed by atoms with Crippen LogP contribution in [-0.4, -0.2) is 5.43 Å². The van der Waals surface area contributed by atoms with Crippen molar-refractivity contribution in [3.63, 3.8) is 0 Å². The molecular weight excluding hydrogens is 695 g/mol. The van der Waals surface area contributed by atoms with Crippen molar-refractivity contribution in [2.24, 2.45) is 0 Å². The molecule has 0 radical (unpaired) electrons. The molecule has 236 valence electrons. The third kappa shape index (κ3) is 10.6. The summed E-state index contributed by atoms with van der Waals surface area (Å²) >= 11 is 1.64. The van der Waals surface area contributed by atoms with Gasteiger partial charge in [-0.1, -0.05) is 88.1 Å². The quantitative estimate of drug-likeness (QED) is 0.180. The molecule has 0 unspecified atom stereocenters. The molecule has 0 nitrogen and oxygen atoms in total. The fourth-order valence-electron chi connectivity index (χ4n) is 5.64. The Hall–Kier alpha value is -2.74. The maximum atomic E-state index is 2.30. The van der Waals surface area contributed by atoms with Crippen LogP contribution in [0.2, 0.25) is 0 Å². The van der Waals surface area contributed by atoms with Crippen LogP contribution in [0.3, 0.4) is 0 Å². The van der Waals surface area contributed by atoms with Crippen LogP contribution in [0.5, 0.6) is 0 Å². The maximum absolute atomic E-state index is 2.30. The van der Waals surface area contributed by atoms with Gasteiger partial charge >= 0.3 is 99.8 Å². The molecule has 4 heteroatoms. The SMILES string of the molecule is CCc1cccc(-[c-]2c(C)ccc2C)c1.CCc1cccc(-[c-]2c(C)ccc2C)c1.[Cl-].[Cl-].[Zr+2]=[Si](c1ccccc1)c1ccccc1. The van der Waals surface area contributed by atoms with Gasteiger partial charge in [0.2, 0.25) is 0 Å². The Morgan fingerprint density at radius 3 is 1.09 bits per heavy atom. The fourth-order valence-corrected chi connectivity index (χ4v) is 9.48. The zero-order valence-electron chi connectivity index (χ0n) is 27.9. The van der Waals surface area contributed by atoms with Crippen LogP contribution in [0.15, 0.2) is 133 Å². The van der Waals surface area contributed by atoms with Gasteiger partial charge in [-0.25, -0.2) is 0 Å². The van der Waals surface area contributed by atoms with Gasteiger partial charge in [0.05, 0.1) is 0 Å². The van der Waals surface area contributed by atoms with Crippen LogP contribution in [-0.2, 0) is 36.2 Å². The molecule has 0 atom stereocenters. The van der Waals surface area contributed by atoms with Crippen LogP contribution in [0, 0.1) is 27.7 Å². The molecule has 0 saturated heterocycles. The van der Waals surface area contributed by atoms with Crippen LogP contribution < -0.4 is 35.2 Å². The molecule has 0 heterocycles.